The molecule has 0 aliphatic heterocycles. The summed E-state index contributed by atoms with van der Waals surface area (Å²) in [5, 5.41) is 0. The Kier molecular flexibility index (Phi) is 7.32. The van der Waals surface area contributed by atoms with Gasteiger partial charge in [-0.25, -0.2) is 8.42 Å². The van der Waals surface area contributed by atoms with Crippen LogP contribution >= 0.6 is 58.5 Å². The van der Waals surface area contributed by atoms with E-state index >= 15 is 0 Å². The molecular formula is C12H14Br3ClO3S. The monoisotopic (exact) mass is 510 g/mol. The van der Waals surface area contributed by atoms with Crippen molar-refractivity contribution in [3.63, 3.8) is 0 Å². The van der Waals surface area contributed by atoms with Gasteiger partial charge >= 0.3 is 0 Å². The predicted molar refractivity (Wildman–Crippen MR) is 93.0 cm³/mol. The number of rotatable bonds is 6. The lowest BCUT2D eigenvalue weighted by Crippen LogP contribution is -2.24. The summed E-state index contributed by atoms with van der Waals surface area (Å²) in [6.07, 6.45) is 0. The van der Waals surface area contributed by atoms with E-state index in [0.717, 1.165) is 13.4 Å². The van der Waals surface area contributed by atoms with E-state index in [1.807, 2.05) is 26.0 Å². The third kappa shape index (κ3) is 6.22. The SMILES string of the molecule is CC(C)C(COc1c(Br)cc(Br)cc1Br)CS(=O)(=O)Cl. The molecular weight excluding hydrogens is 499 g/mol. The molecule has 0 radical (unpaired) electrons. The molecule has 0 N–H and O–H groups in total. The van der Waals surface area contributed by atoms with E-state index in [4.69, 9.17) is 15.4 Å². The standard InChI is InChI=1S/C12H14Br3ClO3S/c1-7(2)8(6-20(16,17)18)5-19-12-10(14)3-9(13)4-11(12)15/h3-4,7-8H,5-6H2,1-2H3. The molecule has 0 saturated carbocycles. The van der Waals surface area contributed by atoms with E-state index in [0.29, 0.717) is 5.75 Å². The van der Waals surface area contributed by atoms with Gasteiger partial charge in [0.1, 0.15) is 5.75 Å². The third-order valence-electron chi connectivity index (χ3n) is 2.76. The maximum absolute atomic E-state index is 11.2. The van der Waals surface area contributed by atoms with Gasteiger partial charge in [-0.1, -0.05) is 29.8 Å². The Bertz CT molecular complexity index is 552. The first-order valence-electron chi connectivity index (χ1n) is 5.80. The molecule has 0 aliphatic rings. The molecule has 1 rings (SSSR count). The van der Waals surface area contributed by atoms with Gasteiger partial charge in [-0.2, -0.15) is 0 Å². The van der Waals surface area contributed by atoms with Gasteiger partial charge in [-0.15, -0.1) is 0 Å². The number of halogens is 4. The average molecular weight is 513 g/mol. The predicted octanol–water partition coefficient (Wildman–Crippen LogP) is 5.19. The lowest BCUT2D eigenvalue weighted by atomic mass is 9.99. The highest BCUT2D eigenvalue weighted by atomic mass is 79.9. The molecule has 0 bridgehead atoms. The molecule has 8 heteroatoms. The second-order valence-electron chi connectivity index (χ2n) is 4.72. The van der Waals surface area contributed by atoms with Crippen molar-refractivity contribution in [3.8, 4) is 5.75 Å². The Morgan fingerprint density at radius 1 is 1.20 bits per heavy atom. The molecule has 20 heavy (non-hydrogen) atoms. The van der Waals surface area contributed by atoms with Crippen LogP contribution in [0, 0.1) is 11.8 Å². The lowest BCUT2D eigenvalue weighted by Gasteiger charge is -2.21. The van der Waals surface area contributed by atoms with Crippen LogP contribution in [-0.4, -0.2) is 20.8 Å². The molecule has 1 unspecified atom stereocenters. The molecule has 1 aromatic carbocycles. The van der Waals surface area contributed by atoms with Gasteiger partial charge in [0.2, 0.25) is 9.05 Å². The highest BCUT2D eigenvalue weighted by Gasteiger charge is 2.22. The fourth-order valence-electron chi connectivity index (χ4n) is 1.55. The van der Waals surface area contributed by atoms with Crippen LogP contribution < -0.4 is 4.74 Å². The van der Waals surface area contributed by atoms with Gasteiger partial charge < -0.3 is 4.74 Å². The Balaban J connectivity index is 2.83. The first-order chi connectivity index (χ1) is 9.10. The number of ether oxygens (including phenoxy) is 1. The fraction of sp³-hybridized carbons (Fsp3) is 0.500. The van der Waals surface area contributed by atoms with Crippen LogP contribution in [0.2, 0.25) is 0 Å². The smallest absolute Gasteiger partial charge is 0.233 e. The molecule has 0 heterocycles. The zero-order chi connectivity index (χ0) is 15.5. The van der Waals surface area contributed by atoms with Crippen LogP contribution in [0.4, 0.5) is 0 Å². The van der Waals surface area contributed by atoms with E-state index in [9.17, 15) is 8.42 Å². The molecule has 114 valence electrons. The van der Waals surface area contributed by atoms with Gasteiger partial charge in [0.25, 0.3) is 0 Å². The Morgan fingerprint density at radius 3 is 2.10 bits per heavy atom. The molecule has 0 saturated heterocycles. The molecule has 0 aliphatic carbocycles. The minimum Gasteiger partial charge on any atom is -0.491 e. The summed E-state index contributed by atoms with van der Waals surface area (Å²) in [4.78, 5) is 0. The lowest BCUT2D eigenvalue weighted by molar-refractivity contribution is 0.223. The van der Waals surface area contributed by atoms with Crippen molar-refractivity contribution < 1.29 is 13.2 Å². The van der Waals surface area contributed by atoms with Crippen molar-refractivity contribution in [1.29, 1.82) is 0 Å². The zero-order valence-electron chi connectivity index (χ0n) is 10.9. The first-order valence-corrected chi connectivity index (χ1v) is 10.7. The highest BCUT2D eigenvalue weighted by Crippen LogP contribution is 2.37. The van der Waals surface area contributed by atoms with Crippen LogP contribution in [-0.2, 0) is 9.05 Å². The normalized spacial score (nSPS) is 13.6. The fourth-order valence-corrected chi connectivity index (χ4v) is 5.51. The van der Waals surface area contributed by atoms with Crippen molar-refractivity contribution in [2.24, 2.45) is 11.8 Å². The summed E-state index contributed by atoms with van der Waals surface area (Å²) in [6.45, 7) is 4.17. The van der Waals surface area contributed by atoms with Crippen LogP contribution in [0.15, 0.2) is 25.6 Å². The quantitative estimate of drug-likeness (QED) is 0.492. The molecule has 0 fully saturated rings. The zero-order valence-corrected chi connectivity index (χ0v) is 17.2. The largest absolute Gasteiger partial charge is 0.491 e. The van der Waals surface area contributed by atoms with Crippen LogP contribution in [0.5, 0.6) is 5.75 Å². The number of hydrogen-bond acceptors (Lipinski definition) is 3. The van der Waals surface area contributed by atoms with Gasteiger partial charge in [-0.3, -0.25) is 0 Å². The van der Waals surface area contributed by atoms with E-state index in [-0.39, 0.29) is 24.2 Å². The van der Waals surface area contributed by atoms with Crippen molar-refractivity contribution in [3.05, 3.63) is 25.6 Å². The van der Waals surface area contributed by atoms with Crippen molar-refractivity contribution >= 4 is 67.5 Å². The molecule has 1 atom stereocenters. The molecule has 0 aromatic heterocycles. The summed E-state index contributed by atoms with van der Waals surface area (Å²) >= 11 is 10.2. The molecule has 3 nitrogen and oxygen atoms in total. The van der Waals surface area contributed by atoms with Crippen LogP contribution in [0.3, 0.4) is 0 Å². The number of benzene rings is 1. The number of hydrogen-bond donors (Lipinski definition) is 0. The summed E-state index contributed by atoms with van der Waals surface area (Å²) in [7, 11) is 1.79. The van der Waals surface area contributed by atoms with Crippen molar-refractivity contribution in [2.45, 2.75) is 13.8 Å². The van der Waals surface area contributed by atoms with Crippen molar-refractivity contribution in [2.75, 3.05) is 12.4 Å². The van der Waals surface area contributed by atoms with Gasteiger partial charge in [0.15, 0.2) is 0 Å². The Labute approximate surface area is 149 Å². The summed E-state index contributed by atoms with van der Waals surface area (Å²) in [5.41, 5.74) is 0. The summed E-state index contributed by atoms with van der Waals surface area (Å²) < 4.78 is 30.7. The molecule has 0 amide bonds. The minimum absolute atomic E-state index is 0.0992. The van der Waals surface area contributed by atoms with Gasteiger partial charge in [-0.05, 0) is 49.9 Å². The maximum atomic E-state index is 11.2. The summed E-state index contributed by atoms with van der Waals surface area (Å²) in [6, 6.07) is 3.73. The first kappa shape index (κ1) is 18.7. The summed E-state index contributed by atoms with van der Waals surface area (Å²) in [5.74, 6) is 0.528. The van der Waals surface area contributed by atoms with Gasteiger partial charge in [0, 0.05) is 21.1 Å². The van der Waals surface area contributed by atoms with Crippen LogP contribution in [0.25, 0.3) is 0 Å². The Morgan fingerprint density at radius 2 is 1.70 bits per heavy atom. The maximum Gasteiger partial charge on any atom is 0.233 e. The van der Waals surface area contributed by atoms with Crippen molar-refractivity contribution in [1.82, 2.24) is 0 Å². The topological polar surface area (TPSA) is 43.4 Å². The van der Waals surface area contributed by atoms with E-state index < -0.39 is 9.05 Å². The molecule has 1 aromatic rings. The third-order valence-corrected chi connectivity index (χ3v) is 5.60. The second-order valence-corrected chi connectivity index (χ2v) is 10.2. The van der Waals surface area contributed by atoms with E-state index in [1.165, 1.54) is 0 Å². The van der Waals surface area contributed by atoms with E-state index in [2.05, 4.69) is 47.8 Å². The minimum atomic E-state index is -3.54. The Hall–Kier alpha value is 0.700. The van der Waals surface area contributed by atoms with Gasteiger partial charge in [0.05, 0.1) is 21.3 Å². The van der Waals surface area contributed by atoms with E-state index in [1.54, 1.807) is 0 Å². The second kappa shape index (κ2) is 7.81. The average Bonchev–Trinajstić information content (AvgIpc) is 2.23. The highest BCUT2D eigenvalue weighted by molar-refractivity contribution is 9.11. The molecule has 0 spiro atoms. The van der Waals surface area contributed by atoms with Crippen LogP contribution in [0.1, 0.15) is 13.8 Å².